The summed E-state index contributed by atoms with van der Waals surface area (Å²) in [7, 11) is 0. The first-order valence-electron chi connectivity index (χ1n) is 8.89. The van der Waals surface area contributed by atoms with Gasteiger partial charge in [-0.05, 0) is 30.6 Å². The molecule has 0 aromatic heterocycles. The van der Waals surface area contributed by atoms with Crippen LogP contribution in [-0.2, 0) is 15.3 Å². The zero-order chi connectivity index (χ0) is 19.7. The Morgan fingerprint density at radius 3 is 2.48 bits per heavy atom. The van der Waals surface area contributed by atoms with Crippen LogP contribution < -0.4 is 5.84 Å². The van der Waals surface area contributed by atoms with Gasteiger partial charge in [-0.1, -0.05) is 47.1 Å². The van der Waals surface area contributed by atoms with Crippen LogP contribution in [-0.4, -0.2) is 28.6 Å². The molecular formula is C18H26N4O3S2. The summed E-state index contributed by atoms with van der Waals surface area (Å²) in [6.45, 7) is 0. The highest BCUT2D eigenvalue weighted by atomic mass is 32.2. The summed E-state index contributed by atoms with van der Waals surface area (Å²) >= 11 is 3.63. The van der Waals surface area contributed by atoms with Crippen molar-refractivity contribution < 1.29 is 9.59 Å². The highest BCUT2D eigenvalue weighted by Crippen LogP contribution is 2.25. The molecule has 0 radical (unpaired) electrons. The van der Waals surface area contributed by atoms with Crippen molar-refractivity contribution in [3.63, 3.8) is 0 Å². The van der Waals surface area contributed by atoms with Gasteiger partial charge in [-0.2, -0.15) is 23.5 Å². The van der Waals surface area contributed by atoms with Crippen LogP contribution in [0.15, 0.2) is 45.8 Å². The molecule has 148 valence electrons. The molecule has 0 bridgehead atoms. The second-order valence-electron chi connectivity index (χ2n) is 5.91. The Bertz CT molecular complexity index is 600. The lowest BCUT2D eigenvalue weighted by Gasteiger charge is -2.16. The van der Waals surface area contributed by atoms with Gasteiger partial charge in [-0.15, -0.1) is 4.91 Å². The van der Waals surface area contributed by atoms with E-state index in [4.69, 9.17) is 5.84 Å². The number of hydrogen-bond donors (Lipinski definition) is 1. The van der Waals surface area contributed by atoms with Gasteiger partial charge in [0.25, 0.3) is 11.8 Å². The number of nitrogens with two attached hydrogens (primary N) is 1. The van der Waals surface area contributed by atoms with Crippen molar-refractivity contribution in [2.75, 3.05) is 11.5 Å². The highest BCUT2D eigenvalue weighted by molar-refractivity contribution is 8.00. The van der Waals surface area contributed by atoms with Crippen LogP contribution in [0.3, 0.4) is 0 Å². The third-order valence-electron chi connectivity index (χ3n) is 3.80. The molecule has 0 aliphatic rings. The fraction of sp³-hybridized carbons (Fsp3) is 0.556. The SMILES string of the molecule is NN=NC(=O)CCSC(CCCCC(=O)N=O)CCSCc1ccccc1. The van der Waals surface area contributed by atoms with Crippen molar-refractivity contribution in [2.24, 2.45) is 21.4 Å². The van der Waals surface area contributed by atoms with Crippen molar-refractivity contribution >= 4 is 35.3 Å². The second-order valence-corrected chi connectivity index (χ2v) is 8.42. The number of benzene rings is 1. The molecule has 0 spiro atoms. The molecule has 0 fully saturated rings. The Kier molecular flexibility index (Phi) is 13.2. The largest absolute Gasteiger partial charge is 0.304 e. The van der Waals surface area contributed by atoms with Gasteiger partial charge in [0, 0.05) is 34.8 Å². The minimum absolute atomic E-state index is 0.207. The maximum atomic E-state index is 11.4. The number of thioether (sulfide) groups is 2. The van der Waals surface area contributed by atoms with Crippen molar-refractivity contribution in [1.82, 2.24) is 0 Å². The van der Waals surface area contributed by atoms with E-state index in [1.165, 1.54) is 5.56 Å². The molecule has 1 atom stereocenters. The van der Waals surface area contributed by atoms with Crippen LogP contribution in [0.2, 0.25) is 0 Å². The van der Waals surface area contributed by atoms with E-state index < -0.39 is 5.91 Å². The summed E-state index contributed by atoms with van der Waals surface area (Å²) in [4.78, 5) is 32.4. The molecule has 1 rings (SSSR count). The number of carbonyl (C=O) groups is 2. The Labute approximate surface area is 168 Å². The molecule has 1 aromatic rings. The van der Waals surface area contributed by atoms with Gasteiger partial charge in [0.05, 0.1) is 0 Å². The first-order chi connectivity index (χ1) is 13.2. The zero-order valence-electron chi connectivity index (χ0n) is 15.3. The Morgan fingerprint density at radius 2 is 1.78 bits per heavy atom. The summed E-state index contributed by atoms with van der Waals surface area (Å²) in [6, 6.07) is 10.3. The van der Waals surface area contributed by atoms with Crippen molar-refractivity contribution in [1.29, 1.82) is 0 Å². The third kappa shape index (κ3) is 12.3. The minimum Gasteiger partial charge on any atom is -0.304 e. The second kappa shape index (κ2) is 15.3. The van der Waals surface area contributed by atoms with Gasteiger partial charge in [-0.3, -0.25) is 9.59 Å². The minimum atomic E-state index is -0.588. The molecule has 7 nitrogen and oxygen atoms in total. The molecule has 0 saturated carbocycles. The van der Waals surface area contributed by atoms with E-state index in [1.807, 2.05) is 30.0 Å². The molecule has 0 heterocycles. The van der Waals surface area contributed by atoms with Crippen LogP contribution in [0.25, 0.3) is 0 Å². The van der Waals surface area contributed by atoms with Gasteiger partial charge in [0.2, 0.25) is 0 Å². The fourth-order valence-corrected chi connectivity index (χ4v) is 4.83. The van der Waals surface area contributed by atoms with Crippen LogP contribution in [0.5, 0.6) is 0 Å². The molecule has 2 amide bonds. The molecule has 9 heteroatoms. The van der Waals surface area contributed by atoms with E-state index in [1.54, 1.807) is 11.8 Å². The summed E-state index contributed by atoms with van der Waals surface area (Å²) in [5.41, 5.74) is 1.31. The number of nitrogens with zero attached hydrogens (tertiary/aromatic N) is 3. The predicted octanol–water partition coefficient (Wildman–Crippen LogP) is 4.51. The van der Waals surface area contributed by atoms with Gasteiger partial charge in [-0.25, -0.2) is 0 Å². The number of amides is 2. The first kappa shape index (κ1) is 23.3. The molecule has 0 aliphatic heterocycles. The maximum Gasteiger partial charge on any atom is 0.286 e. The van der Waals surface area contributed by atoms with Crippen LogP contribution in [0.4, 0.5) is 0 Å². The van der Waals surface area contributed by atoms with E-state index in [9.17, 15) is 14.5 Å². The highest BCUT2D eigenvalue weighted by Gasteiger charge is 2.11. The smallest absolute Gasteiger partial charge is 0.286 e. The lowest BCUT2D eigenvalue weighted by atomic mass is 10.1. The average Bonchev–Trinajstić information content (AvgIpc) is 2.68. The van der Waals surface area contributed by atoms with E-state index in [0.29, 0.717) is 23.8 Å². The quantitative estimate of drug-likeness (QED) is 0.159. The Morgan fingerprint density at radius 1 is 1.00 bits per heavy atom. The lowest BCUT2D eigenvalue weighted by Crippen LogP contribution is -2.08. The maximum absolute atomic E-state index is 11.4. The summed E-state index contributed by atoms with van der Waals surface area (Å²) in [6.07, 6.45) is 4.01. The van der Waals surface area contributed by atoms with Crippen LogP contribution in [0.1, 0.15) is 44.1 Å². The third-order valence-corrected chi connectivity index (χ3v) is 6.25. The van der Waals surface area contributed by atoms with E-state index in [0.717, 1.165) is 30.8 Å². The normalized spacial score (nSPS) is 12.1. The van der Waals surface area contributed by atoms with Gasteiger partial charge in [0.15, 0.2) is 0 Å². The van der Waals surface area contributed by atoms with Crippen molar-refractivity contribution in [3.05, 3.63) is 40.8 Å². The van der Waals surface area contributed by atoms with Gasteiger partial charge in [0.1, 0.15) is 0 Å². The number of rotatable bonds is 14. The molecule has 1 unspecified atom stereocenters. The van der Waals surface area contributed by atoms with Gasteiger partial charge < -0.3 is 5.84 Å². The van der Waals surface area contributed by atoms with Crippen LogP contribution in [0, 0.1) is 4.91 Å². The number of nitroso groups, excluding NO2 is 1. The van der Waals surface area contributed by atoms with E-state index in [-0.39, 0.29) is 12.3 Å². The molecular weight excluding hydrogens is 384 g/mol. The molecule has 27 heavy (non-hydrogen) atoms. The van der Waals surface area contributed by atoms with E-state index >= 15 is 0 Å². The fourth-order valence-electron chi connectivity index (χ4n) is 2.41. The lowest BCUT2D eigenvalue weighted by molar-refractivity contribution is -0.118. The zero-order valence-corrected chi connectivity index (χ0v) is 16.9. The molecule has 0 aliphatic carbocycles. The summed E-state index contributed by atoms with van der Waals surface area (Å²) < 4.78 is 0. The topological polar surface area (TPSA) is 114 Å². The molecule has 1 aromatic carbocycles. The molecule has 2 N–H and O–H groups in total. The predicted molar refractivity (Wildman–Crippen MR) is 111 cm³/mol. The number of unbranched alkanes of at least 4 members (excludes halogenated alkanes) is 1. The summed E-state index contributed by atoms with van der Waals surface area (Å²) in [5, 5.41) is 9.12. The monoisotopic (exact) mass is 410 g/mol. The first-order valence-corrected chi connectivity index (χ1v) is 11.1. The average molecular weight is 411 g/mol. The Balaban J connectivity index is 2.32. The van der Waals surface area contributed by atoms with Crippen LogP contribution >= 0.6 is 23.5 Å². The standard InChI is InChI=1S/C18H26N4O3S2/c19-22-20-17(23)11-13-27-16(8-4-5-9-18(24)21-25)10-12-26-14-15-6-2-1-3-7-15/h1-3,6-7,16H,4-5,8-14H2,(H2,19,20,23). The van der Waals surface area contributed by atoms with Crippen molar-refractivity contribution in [3.8, 4) is 0 Å². The summed E-state index contributed by atoms with van der Waals surface area (Å²) in [5.74, 6) is 6.65. The number of hydrogen-bond acceptors (Lipinski definition) is 6. The Hall–Kier alpha value is -1.74. The van der Waals surface area contributed by atoms with Gasteiger partial charge >= 0.3 is 0 Å². The number of carbonyl (C=O) groups excluding carboxylic acids is 2. The molecule has 0 saturated heterocycles. The van der Waals surface area contributed by atoms with E-state index in [2.05, 4.69) is 27.6 Å². The van der Waals surface area contributed by atoms with Crippen molar-refractivity contribution in [2.45, 2.75) is 49.5 Å².